The Hall–Kier alpha value is -0.900. The van der Waals surface area contributed by atoms with Crippen molar-refractivity contribution >= 4 is 0 Å². The van der Waals surface area contributed by atoms with E-state index in [1.807, 2.05) is 0 Å². The van der Waals surface area contributed by atoms with Gasteiger partial charge in [-0.2, -0.15) is 0 Å². The highest BCUT2D eigenvalue weighted by atomic mass is 15.2. The Balaban J connectivity index is 1.34. The summed E-state index contributed by atoms with van der Waals surface area (Å²) >= 11 is 0. The number of fused-ring (bicyclic) bond motifs is 1. The molecule has 3 fully saturated rings. The number of benzene rings is 1. The van der Waals surface area contributed by atoms with E-state index in [1.165, 1.54) is 51.0 Å². The molecule has 23 heavy (non-hydrogen) atoms. The molecule has 2 saturated heterocycles. The number of rotatable bonds is 4. The molecule has 126 valence electrons. The van der Waals surface area contributed by atoms with Crippen LogP contribution in [0.3, 0.4) is 0 Å². The summed E-state index contributed by atoms with van der Waals surface area (Å²) in [4.78, 5) is 2.68. The molecule has 3 heteroatoms. The Bertz CT molecular complexity index is 503. The Morgan fingerprint density at radius 3 is 2.78 bits per heavy atom. The topological polar surface area (TPSA) is 27.3 Å². The largest absolute Gasteiger partial charge is 0.316 e. The van der Waals surface area contributed by atoms with Crippen molar-refractivity contribution < 1.29 is 0 Å². The average molecular weight is 313 g/mol. The maximum Gasteiger partial charge on any atom is 0.0233 e. The fraction of sp³-hybridized carbons (Fsp3) is 0.700. The molecule has 0 amide bonds. The van der Waals surface area contributed by atoms with Crippen molar-refractivity contribution in [3.05, 3.63) is 35.9 Å². The van der Waals surface area contributed by atoms with Crippen LogP contribution in [0.2, 0.25) is 0 Å². The average Bonchev–Trinajstić information content (AvgIpc) is 3.12. The van der Waals surface area contributed by atoms with Crippen molar-refractivity contribution in [1.29, 1.82) is 0 Å². The number of nitrogens with zero attached hydrogens (tertiary/aromatic N) is 1. The smallest absolute Gasteiger partial charge is 0.0233 e. The summed E-state index contributed by atoms with van der Waals surface area (Å²) in [5.41, 5.74) is 1.46. The lowest BCUT2D eigenvalue weighted by atomic mass is 9.92. The summed E-state index contributed by atoms with van der Waals surface area (Å²) in [5.74, 6) is 2.57. The Labute approximate surface area is 140 Å². The molecule has 2 aliphatic heterocycles. The summed E-state index contributed by atoms with van der Waals surface area (Å²) in [6, 6.07) is 12.4. The fourth-order valence-electron chi connectivity index (χ4n) is 5.07. The molecule has 2 N–H and O–H groups in total. The van der Waals surface area contributed by atoms with E-state index in [1.54, 1.807) is 0 Å². The Morgan fingerprint density at radius 2 is 1.96 bits per heavy atom. The zero-order chi connectivity index (χ0) is 15.6. The summed E-state index contributed by atoms with van der Waals surface area (Å²) in [7, 11) is 0. The molecule has 0 bridgehead atoms. The lowest BCUT2D eigenvalue weighted by Crippen LogP contribution is -2.51. The van der Waals surface area contributed by atoms with Crippen LogP contribution in [0.4, 0.5) is 0 Å². The lowest BCUT2D eigenvalue weighted by Gasteiger charge is -2.34. The second-order valence-corrected chi connectivity index (χ2v) is 8.03. The van der Waals surface area contributed by atoms with E-state index in [-0.39, 0.29) is 0 Å². The molecular weight excluding hydrogens is 282 g/mol. The van der Waals surface area contributed by atoms with Gasteiger partial charge in [0.1, 0.15) is 0 Å². The molecule has 1 aliphatic carbocycles. The number of hydrogen-bond donors (Lipinski definition) is 2. The van der Waals surface area contributed by atoms with Crippen molar-refractivity contribution in [3.8, 4) is 0 Å². The molecule has 5 unspecified atom stereocenters. The minimum atomic E-state index is 0.725. The van der Waals surface area contributed by atoms with Crippen molar-refractivity contribution in [2.45, 2.75) is 44.8 Å². The van der Waals surface area contributed by atoms with Crippen molar-refractivity contribution in [2.75, 3.05) is 26.2 Å². The first kappa shape index (κ1) is 15.6. The Kier molecular flexibility index (Phi) is 4.70. The lowest BCUT2D eigenvalue weighted by molar-refractivity contribution is 0.236. The first-order valence-electron chi connectivity index (χ1n) is 9.52. The zero-order valence-corrected chi connectivity index (χ0v) is 14.4. The van der Waals surface area contributed by atoms with E-state index < -0.39 is 0 Å². The summed E-state index contributed by atoms with van der Waals surface area (Å²) < 4.78 is 0. The van der Waals surface area contributed by atoms with Crippen LogP contribution < -0.4 is 10.6 Å². The molecule has 0 radical (unpaired) electrons. The third-order valence-corrected chi connectivity index (χ3v) is 6.39. The minimum absolute atomic E-state index is 0.725. The van der Waals surface area contributed by atoms with Gasteiger partial charge < -0.3 is 10.6 Å². The molecule has 1 aromatic rings. The van der Waals surface area contributed by atoms with E-state index in [9.17, 15) is 0 Å². The third kappa shape index (κ3) is 3.47. The van der Waals surface area contributed by atoms with Crippen molar-refractivity contribution in [2.24, 2.45) is 17.8 Å². The predicted molar refractivity (Wildman–Crippen MR) is 95.3 cm³/mol. The second kappa shape index (κ2) is 6.92. The van der Waals surface area contributed by atoms with Crippen LogP contribution in [0.25, 0.3) is 0 Å². The van der Waals surface area contributed by atoms with E-state index in [4.69, 9.17) is 0 Å². The van der Waals surface area contributed by atoms with E-state index in [0.29, 0.717) is 0 Å². The van der Waals surface area contributed by atoms with E-state index in [2.05, 4.69) is 52.8 Å². The van der Waals surface area contributed by atoms with Crippen LogP contribution in [0.5, 0.6) is 0 Å². The molecule has 3 aliphatic rings. The van der Waals surface area contributed by atoms with Gasteiger partial charge in [0.2, 0.25) is 0 Å². The quantitative estimate of drug-likeness (QED) is 0.894. The number of nitrogens with one attached hydrogen (secondary N) is 2. The van der Waals surface area contributed by atoms with Gasteiger partial charge in [0.05, 0.1) is 0 Å². The minimum Gasteiger partial charge on any atom is -0.316 e. The first-order valence-corrected chi connectivity index (χ1v) is 9.52. The molecule has 3 nitrogen and oxygen atoms in total. The zero-order valence-electron chi connectivity index (χ0n) is 14.4. The first-order chi connectivity index (χ1) is 11.3. The second-order valence-electron chi connectivity index (χ2n) is 8.03. The maximum atomic E-state index is 4.06. The highest BCUT2D eigenvalue weighted by Gasteiger charge is 2.43. The van der Waals surface area contributed by atoms with Gasteiger partial charge in [-0.05, 0) is 55.7 Å². The van der Waals surface area contributed by atoms with Crippen molar-refractivity contribution in [3.63, 3.8) is 0 Å². The van der Waals surface area contributed by atoms with Gasteiger partial charge in [-0.1, -0.05) is 37.3 Å². The molecule has 4 rings (SSSR count). The maximum absolute atomic E-state index is 4.06. The summed E-state index contributed by atoms with van der Waals surface area (Å²) in [5, 5.41) is 7.58. The molecule has 0 aromatic heterocycles. The standard InChI is InChI=1S/C20H31N3/c1-15-11-21-10-9-19(15)22-20-8-7-17-13-23(14-18(17)20)12-16-5-3-2-4-6-16/h2-6,15,17-22H,7-14H2,1H3. The highest BCUT2D eigenvalue weighted by molar-refractivity contribution is 5.15. The van der Waals surface area contributed by atoms with Gasteiger partial charge in [-0.15, -0.1) is 0 Å². The third-order valence-electron chi connectivity index (χ3n) is 6.39. The van der Waals surface area contributed by atoms with Crippen LogP contribution in [0, 0.1) is 17.8 Å². The monoisotopic (exact) mass is 313 g/mol. The predicted octanol–water partition coefficient (Wildman–Crippen LogP) is 2.48. The van der Waals surface area contributed by atoms with E-state index >= 15 is 0 Å². The normalized spacial score (nSPS) is 37.9. The van der Waals surface area contributed by atoms with Crippen LogP contribution in [-0.4, -0.2) is 43.2 Å². The van der Waals surface area contributed by atoms with Crippen LogP contribution >= 0.6 is 0 Å². The van der Waals surface area contributed by atoms with Gasteiger partial charge in [0.25, 0.3) is 0 Å². The SMILES string of the molecule is CC1CNCCC1NC1CCC2CN(Cc3ccccc3)CC21. The molecule has 5 atom stereocenters. The van der Waals surface area contributed by atoms with Gasteiger partial charge in [0.15, 0.2) is 0 Å². The molecular formula is C20H31N3. The van der Waals surface area contributed by atoms with Crippen LogP contribution in [0.15, 0.2) is 30.3 Å². The Morgan fingerprint density at radius 1 is 1.09 bits per heavy atom. The molecule has 0 spiro atoms. The van der Waals surface area contributed by atoms with Crippen molar-refractivity contribution in [1.82, 2.24) is 15.5 Å². The van der Waals surface area contributed by atoms with E-state index in [0.717, 1.165) is 36.4 Å². The number of piperidine rings is 1. The molecule has 1 saturated carbocycles. The van der Waals surface area contributed by atoms with Crippen LogP contribution in [-0.2, 0) is 6.54 Å². The number of likely N-dealkylation sites (tertiary alicyclic amines) is 1. The van der Waals surface area contributed by atoms with Gasteiger partial charge in [-0.3, -0.25) is 4.90 Å². The fourth-order valence-corrected chi connectivity index (χ4v) is 5.07. The highest BCUT2D eigenvalue weighted by Crippen LogP contribution is 2.39. The molecule has 2 heterocycles. The van der Waals surface area contributed by atoms with Gasteiger partial charge in [-0.25, -0.2) is 0 Å². The summed E-state index contributed by atoms with van der Waals surface area (Å²) in [6.07, 6.45) is 4.11. The number of hydrogen-bond acceptors (Lipinski definition) is 3. The van der Waals surface area contributed by atoms with Crippen LogP contribution in [0.1, 0.15) is 31.7 Å². The molecule has 1 aromatic carbocycles. The summed E-state index contributed by atoms with van der Waals surface area (Å²) in [6.45, 7) is 8.48. The van der Waals surface area contributed by atoms with Gasteiger partial charge >= 0.3 is 0 Å². The van der Waals surface area contributed by atoms with Gasteiger partial charge in [0, 0.05) is 31.7 Å².